The zero-order valence-corrected chi connectivity index (χ0v) is 86.5. The van der Waals surface area contributed by atoms with Gasteiger partial charge in [-0.25, -0.2) is 42.5 Å². The van der Waals surface area contributed by atoms with Gasteiger partial charge in [-0.15, -0.1) is 119 Å². The molecule has 0 spiro atoms. The average Bonchev–Trinajstić information content (AvgIpc) is 1.49. The maximum absolute atomic E-state index is 13.2. The molecule has 0 bridgehead atoms. The van der Waals surface area contributed by atoms with Crippen molar-refractivity contribution in [1.29, 1.82) is 0 Å². The Labute approximate surface area is 871 Å². The van der Waals surface area contributed by atoms with E-state index in [-0.39, 0.29) is 158 Å². The van der Waals surface area contributed by atoms with E-state index in [0.29, 0.717) is 67.8 Å². The van der Waals surface area contributed by atoms with Crippen molar-refractivity contribution >= 4 is 17.9 Å². The number of carboxylic acids is 3. The second kappa shape index (κ2) is 63.1. The molecule has 8 aromatic carbocycles. The van der Waals surface area contributed by atoms with Crippen molar-refractivity contribution in [3.05, 3.63) is 452 Å². The van der Waals surface area contributed by atoms with Crippen LogP contribution in [0.15, 0.2) is 342 Å². The third kappa shape index (κ3) is 41.2. The zero-order chi connectivity index (χ0) is 97.6. The van der Waals surface area contributed by atoms with Crippen molar-refractivity contribution in [3.63, 3.8) is 0 Å². The van der Waals surface area contributed by atoms with Crippen LogP contribution in [-0.4, -0.2) is 108 Å². The molecule has 11 heterocycles. The fraction of sp³-hybridized carbons (Fsp3) is 0.0784. The summed E-state index contributed by atoms with van der Waals surface area (Å²) in [5.74, 6) is -4.76. The molecule has 0 atom stereocenters. The Bertz CT molecular complexity index is 6310. The Balaban J connectivity index is 0.000000337. The van der Waals surface area contributed by atoms with Gasteiger partial charge in [0.05, 0.1) is 45.6 Å². The first-order chi connectivity index (χ1) is 65.6. The van der Waals surface area contributed by atoms with Gasteiger partial charge in [-0.1, -0.05) is 123 Å². The molecule has 0 saturated heterocycles. The molecular weight excluding hydrogens is 2720 g/mol. The first-order valence-electron chi connectivity index (χ1n) is 40.4. The van der Waals surface area contributed by atoms with Crippen molar-refractivity contribution in [2.24, 2.45) is 0 Å². The minimum atomic E-state index is -4.38. The van der Waals surface area contributed by atoms with Gasteiger partial charge >= 0.3 is 44.2 Å². The summed E-state index contributed by atoms with van der Waals surface area (Å²) in [5, 5.41) is 52.7. The number of carboxylic acid groups (broad SMARTS) is 3. The molecule has 0 saturated carbocycles. The number of aryl methyl sites for hydroxylation is 4. The largest absolute Gasteiger partial charge is 3.00 e. The van der Waals surface area contributed by atoms with Gasteiger partial charge in [0.15, 0.2) is 0 Å². The van der Waals surface area contributed by atoms with E-state index in [1.54, 1.807) is 190 Å². The van der Waals surface area contributed by atoms with Crippen LogP contribution in [0.25, 0.3) is 90.1 Å². The monoisotopic (exact) mass is 2800 g/mol. The molecule has 0 unspecified atom stereocenters. The summed E-state index contributed by atoms with van der Waals surface area (Å²) >= 11 is 0. The molecule has 4 radical (unpaired) electrons. The van der Waals surface area contributed by atoms with E-state index in [9.17, 15) is 53.9 Å². The minimum absolute atomic E-state index is 0. The molecule has 0 fully saturated rings. The summed E-state index contributed by atoms with van der Waals surface area (Å²) in [5.41, 5.74) is 14.0. The van der Waals surface area contributed by atoms with Gasteiger partial charge in [-0.2, -0.15) is 38.0 Å². The second-order valence-corrected chi connectivity index (χ2v) is 27.9. The van der Waals surface area contributed by atoms with Crippen molar-refractivity contribution in [2.45, 2.75) is 53.6 Å². The van der Waals surface area contributed by atoms with Crippen LogP contribution < -0.4 is 20.4 Å². The average molecular weight is 2800 g/mol. The van der Waals surface area contributed by atoms with Crippen molar-refractivity contribution in [2.75, 3.05) is 0 Å². The third-order valence-electron chi connectivity index (χ3n) is 17.4. The molecular formula is C102H78F9Ir5N19O6-5. The predicted octanol–water partition coefficient (Wildman–Crippen LogP) is 21.1. The molecule has 730 valence electrons. The Morgan fingerprint density at radius 2 is 0.567 bits per heavy atom. The smallest absolute Gasteiger partial charge is 0.582 e. The number of carbonyl (C=O) groups is 3. The van der Waals surface area contributed by atoms with E-state index in [4.69, 9.17) is 15.3 Å². The number of hydrogen-bond donors (Lipinski definition) is 3. The number of aromatic nitrogens is 19. The van der Waals surface area contributed by atoms with Crippen molar-refractivity contribution in [1.82, 2.24) is 95.6 Å². The van der Waals surface area contributed by atoms with Gasteiger partial charge in [-0.3, -0.25) is 33.1 Å². The number of nitrogens with zero attached hydrogens (tertiary/aromatic N) is 19. The summed E-state index contributed by atoms with van der Waals surface area (Å²) in [6, 6.07) is 74.5. The van der Waals surface area contributed by atoms with Gasteiger partial charge in [0.1, 0.15) is 34.5 Å². The predicted molar refractivity (Wildman–Crippen MR) is 489 cm³/mol. The standard InChI is InChI=1S/C19H14F3N2.C19H15F2N2.2C17H11F2N2.3C6H5NO2.4C3H3N2.5Ir/c1-12-3-5-15(6-4-12)18-17(23-11-13(2)24-18)14-7-9-16(10-8-14)19(20,21)22;1-12(2)17-11-22-18(13-3-7-15(20)8-4-13)19(23-17)14-5-9-16(21)10-6-14;2*1-11-10-20-16(12-2-6-14(18)7-3-12)17(21-11)13-4-8-15(19)9-5-13;3*8-6(9)5-3-1-2-4-7-5;4*1-2-4-5-3-1;;;;;/h3-7,9-11H,1-2H3;3,5-12H,1-2H3;2*2,4-10H,1H3;3*1-4H,(H,8,9);4*1-3H;;;;;/q4*-1;;;;4*-1;;;;;+3. The summed E-state index contributed by atoms with van der Waals surface area (Å²) in [6.07, 6.45) is 19.7. The second-order valence-electron chi connectivity index (χ2n) is 27.9. The van der Waals surface area contributed by atoms with Crippen molar-refractivity contribution in [3.8, 4) is 90.1 Å². The Morgan fingerprint density at radius 3 is 0.773 bits per heavy atom. The molecule has 11 aromatic heterocycles. The number of benzene rings is 8. The minimum Gasteiger partial charge on any atom is -0.582 e. The summed E-state index contributed by atoms with van der Waals surface area (Å²) in [4.78, 5) is 76.9. The maximum Gasteiger partial charge on any atom is 3.00 e. The van der Waals surface area contributed by atoms with E-state index >= 15 is 0 Å². The van der Waals surface area contributed by atoms with E-state index in [0.717, 1.165) is 62.7 Å². The molecule has 39 heteroatoms. The van der Waals surface area contributed by atoms with Gasteiger partial charge in [0.2, 0.25) is 0 Å². The number of rotatable bonds is 12. The Morgan fingerprint density at radius 1 is 0.305 bits per heavy atom. The molecule has 0 aliphatic carbocycles. The Hall–Kier alpha value is -14.6. The number of aromatic carboxylic acids is 3. The quantitative estimate of drug-likeness (QED) is 0.0755. The van der Waals surface area contributed by atoms with Gasteiger partial charge in [-0.05, 0) is 134 Å². The molecule has 3 N–H and O–H groups in total. The first-order valence-corrected chi connectivity index (χ1v) is 40.4. The van der Waals surface area contributed by atoms with Crippen LogP contribution in [0, 0.1) is 86.9 Å². The zero-order valence-electron chi connectivity index (χ0n) is 74.5. The summed E-state index contributed by atoms with van der Waals surface area (Å²) < 4.78 is 117. The van der Waals surface area contributed by atoms with Crippen LogP contribution in [0.1, 0.15) is 85.1 Å². The maximum atomic E-state index is 13.2. The SMILES string of the molecule is CC(C)c1cnc(-c2[c-]cc(F)cc2)c(-c2ccc(F)cc2)n1.Cc1ccc(-c2nc(C)cnc2-c2[c-]cc(C(F)(F)F)cc2)cc1.Cc1cnc(-c2[c-]cc(F)cc2)c(-c2ccc(F)cc2)n1.Cc1cnc(-c2[c-]cc(F)cc2)c(-c2ccc(F)cc2)n1.O=C(O)c1ccccn1.O=C(O)c1ccccn1.O=C(O)c1ccccn1.[Ir+3].[Ir].[Ir].[Ir].[Ir].c1cn[n-]c1.c1cn[n-]c1.c1cn[n-]c1.c1cn[n-]c1. The van der Waals surface area contributed by atoms with E-state index in [1.165, 1.54) is 116 Å². The van der Waals surface area contributed by atoms with Crippen LogP contribution in [0.5, 0.6) is 0 Å². The molecule has 0 aliphatic rings. The number of pyridine rings is 3. The van der Waals surface area contributed by atoms with E-state index < -0.39 is 29.6 Å². The summed E-state index contributed by atoms with van der Waals surface area (Å²) in [6.45, 7) is 11.5. The van der Waals surface area contributed by atoms with Crippen LogP contribution in [0.4, 0.5) is 39.5 Å². The third-order valence-corrected chi connectivity index (χ3v) is 17.4. The first kappa shape index (κ1) is 119. The van der Waals surface area contributed by atoms with Gasteiger partial charge < -0.3 is 76.0 Å². The summed E-state index contributed by atoms with van der Waals surface area (Å²) in [7, 11) is 0. The van der Waals surface area contributed by atoms with Crippen LogP contribution >= 0.6 is 0 Å². The Kier molecular flexibility index (Phi) is 53.1. The van der Waals surface area contributed by atoms with Crippen LogP contribution in [0.3, 0.4) is 0 Å². The molecule has 25 nitrogen and oxygen atoms in total. The number of halogens is 9. The number of hydrogen-bond acceptors (Lipinski definition) is 18. The van der Waals surface area contributed by atoms with Gasteiger partial charge in [0, 0.05) is 189 Å². The topological polar surface area (TPSA) is 362 Å². The molecule has 19 rings (SSSR count). The fourth-order valence-electron chi connectivity index (χ4n) is 10.9. The molecule has 141 heavy (non-hydrogen) atoms. The van der Waals surface area contributed by atoms with E-state index in [2.05, 4.69) is 120 Å². The number of alkyl halides is 3. The van der Waals surface area contributed by atoms with Crippen LogP contribution in [0.2, 0.25) is 0 Å². The molecule has 0 amide bonds. The molecule has 19 aromatic rings. The van der Waals surface area contributed by atoms with Gasteiger partial charge in [0.25, 0.3) is 0 Å². The normalized spacial score (nSPS) is 9.76. The van der Waals surface area contributed by atoms with E-state index in [1.807, 2.05) is 65.8 Å². The van der Waals surface area contributed by atoms with Crippen LogP contribution in [-0.2, 0) is 107 Å². The van der Waals surface area contributed by atoms with Crippen molar-refractivity contribution < 1.29 is 170 Å². The fourth-order valence-corrected chi connectivity index (χ4v) is 10.9. The molecule has 0 aliphatic heterocycles.